The highest BCUT2D eigenvalue weighted by Gasteiger charge is 2.34. The zero-order chi connectivity index (χ0) is 21.1. The van der Waals surface area contributed by atoms with Crippen molar-refractivity contribution in [2.75, 3.05) is 6.54 Å². The summed E-state index contributed by atoms with van der Waals surface area (Å²) >= 11 is 0. The molecule has 0 aliphatic carbocycles. The van der Waals surface area contributed by atoms with Gasteiger partial charge in [-0.25, -0.2) is 9.78 Å². The van der Waals surface area contributed by atoms with Crippen LogP contribution in [0.25, 0.3) is 11.3 Å². The van der Waals surface area contributed by atoms with Crippen molar-refractivity contribution >= 4 is 6.09 Å². The van der Waals surface area contributed by atoms with E-state index in [1.165, 1.54) is 0 Å². The minimum absolute atomic E-state index is 0.0997. The number of carbonyl (C=O) groups excluding carboxylic acids is 1. The van der Waals surface area contributed by atoms with Crippen LogP contribution in [0.15, 0.2) is 60.8 Å². The van der Waals surface area contributed by atoms with E-state index in [9.17, 15) is 4.79 Å². The molecular weight excluding hydrogens is 378 g/mol. The highest BCUT2D eigenvalue weighted by atomic mass is 16.6. The Hall–Kier alpha value is -3.28. The van der Waals surface area contributed by atoms with Gasteiger partial charge in [0.25, 0.3) is 0 Å². The van der Waals surface area contributed by atoms with Crippen LogP contribution in [0.3, 0.4) is 0 Å². The summed E-state index contributed by atoms with van der Waals surface area (Å²) in [6.07, 6.45) is 3.31. The average molecular weight is 405 g/mol. The van der Waals surface area contributed by atoms with Crippen LogP contribution < -0.4 is 4.74 Å². The van der Waals surface area contributed by atoms with E-state index in [0.717, 1.165) is 41.4 Å². The first kappa shape index (κ1) is 20.0. The van der Waals surface area contributed by atoms with E-state index in [0.29, 0.717) is 6.54 Å². The van der Waals surface area contributed by atoms with Gasteiger partial charge >= 0.3 is 6.09 Å². The summed E-state index contributed by atoms with van der Waals surface area (Å²) in [5.74, 6) is 2.33. The molecule has 4 rings (SSSR count). The van der Waals surface area contributed by atoms with Gasteiger partial charge < -0.3 is 14.5 Å². The number of likely N-dealkylation sites (tertiary alicyclic amines) is 1. The van der Waals surface area contributed by atoms with E-state index < -0.39 is 5.60 Å². The molecule has 156 valence electrons. The molecule has 1 aromatic heterocycles. The Labute approximate surface area is 176 Å². The van der Waals surface area contributed by atoms with Gasteiger partial charge in [-0.3, -0.25) is 4.90 Å². The number of nitrogens with one attached hydrogen (secondary N) is 1. The first-order chi connectivity index (χ1) is 14.4. The highest BCUT2D eigenvalue weighted by molar-refractivity contribution is 5.69. The number of H-pyrrole nitrogens is 1. The standard InChI is InChI=1S/C24H27N3O3/c1-24(2,3)30-23(28)27-14-8-13-21(27)22-25-16-20(26-22)17-9-7-12-19(15-17)29-18-10-5-4-6-11-18/h4-7,9-12,15-16,21H,8,13-14H2,1-3H3,(H,25,26). The molecular formula is C24H27N3O3. The molecule has 6 nitrogen and oxygen atoms in total. The second-order valence-corrected chi connectivity index (χ2v) is 8.46. The number of hydrogen-bond donors (Lipinski definition) is 1. The van der Waals surface area contributed by atoms with Gasteiger partial charge in [-0.2, -0.15) is 0 Å². The maximum absolute atomic E-state index is 12.6. The lowest BCUT2D eigenvalue weighted by Gasteiger charge is -2.27. The highest BCUT2D eigenvalue weighted by Crippen LogP contribution is 2.33. The van der Waals surface area contributed by atoms with E-state index >= 15 is 0 Å². The Morgan fingerprint density at radius 3 is 2.63 bits per heavy atom. The van der Waals surface area contributed by atoms with Crippen LogP contribution in [0.4, 0.5) is 4.79 Å². The third kappa shape index (κ3) is 4.64. The molecule has 1 N–H and O–H groups in total. The fourth-order valence-electron chi connectivity index (χ4n) is 3.59. The maximum atomic E-state index is 12.6. The lowest BCUT2D eigenvalue weighted by Crippen LogP contribution is -2.36. The Kier molecular flexibility index (Phi) is 5.48. The molecule has 0 spiro atoms. The average Bonchev–Trinajstić information content (AvgIpc) is 3.37. The third-order valence-electron chi connectivity index (χ3n) is 4.92. The fourth-order valence-corrected chi connectivity index (χ4v) is 3.59. The molecule has 2 aromatic carbocycles. The number of rotatable bonds is 4. The van der Waals surface area contributed by atoms with Gasteiger partial charge in [0.1, 0.15) is 22.9 Å². The third-order valence-corrected chi connectivity index (χ3v) is 4.92. The Balaban J connectivity index is 1.51. The molecule has 30 heavy (non-hydrogen) atoms. The van der Waals surface area contributed by atoms with E-state index in [1.54, 1.807) is 4.90 Å². The van der Waals surface area contributed by atoms with Crippen molar-refractivity contribution < 1.29 is 14.3 Å². The maximum Gasteiger partial charge on any atom is 0.410 e. The van der Waals surface area contributed by atoms with E-state index in [2.05, 4.69) is 9.97 Å². The summed E-state index contributed by atoms with van der Waals surface area (Å²) < 4.78 is 11.5. The molecule has 1 amide bonds. The number of imidazole rings is 1. The first-order valence-electron chi connectivity index (χ1n) is 10.3. The van der Waals surface area contributed by atoms with Crippen molar-refractivity contribution in [3.05, 3.63) is 66.6 Å². The minimum atomic E-state index is -0.516. The number of aromatic nitrogens is 2. The monoisotopic (exact) mass is 405 g/mol. The molecule has 6 heteroatoms. The summed E-state index contributed by atoms with van der Waals surface area (Å²) in [5.41, 5.74) is 1.35. The lowest BCUT2D eigenvalue weighted by molar-refractivity contribution is 0.0218. The summed E-state index contributed by atoms with van der Waals surface area (Å²) in [5, 5.41) is 0. The predicted octanol–water partition coefficient (Wildman–Crippen LogP) is 5.94. The molecule has 1 aliphatic rings. The lowest BCUT2D eigenvalue weighted by atomic mass is 10.1. The molecule has 2 heterocycles. The molecule has 0 saturated carbocycles. The van der Waals surface area contributed by atoms with Crippen molar-refractivity contribution in [2.24, 2.45) is 0 Å². The van der Waals surface area contributed by atoms with E-state index in [4.69, 9.17) is 9.47 Å². The fraction of sp³-hybridized carbons (Fsp3) is 0.333. The summed E-state index contributed by atoms with van der Waals surface area (Å²) in [6, 6.07) is 17.5. The number of hydrogen-bond acceptors (Lipinski definition) is 4. The quantitative estimate of drug-likeness (QED) is 0.583. The number of aromatic amines is 1. The van der Waals surface area contributed by atoms with Crippen LogP contribution >= 0.6 is 0 Å². The minimum Gasteiger partial charge on any atom is -0.457 e. The molecule has 1 fully saturated rings. The molecule has 3 aromatic rings. The molecule has 0 bridgehead atoms. The van der Waals surface area contributed by atoms with Crippen molar-refractivity contribution in [3.63, 3.8) is 0 Å². The second-order valence-electron chi connectivity index (χ2n) is 8.46. The van der Waals surface area contributed by atoms with Crippen LogP contribution in [0.5, 0.6) is 11.5 Å². The Bertz CT molecular complexity index is 1010. The van der Waals surface area contributed by atoms with Crippen molar-refractivity contribution in [1.82, 2.24) is 14.9 Å². The van der Waals surface area contributed by atoms with Crippen LogP contribution in [0, 0.1) is 0 Å². The molecule has 1 aliphatic heterocycles. The molecule has 1 atom stereocenters. The largest absolute Gasteiger partial charge is 0.457 e. The first-order valence-corrected chi connectivity index (χ1v) is 10.3. The van der Waals surface area contributed by atoms with Crippen molar-refractivity contribution in [1.29, 1.82) is 0 Å². The van der Waals surface area contributed by atoms with Gasteiger partial charge in [-0.15, -0.1) is 0 Å². The predicted molar refractivity (Wildman–Crippen MR) is 115 cm³/mol. The van der Waals surface area contributed by atoms with Gasteiger partial charge in [0.15, 0.2) is 0 Å². The number of carbonyl (C=O) groups is 1. The van der Waals surface area contributed by atoms with Crippen molar-refractivity contribution in [3.8, 4) is 22.8 Å². The molecule has 1 saturated heterocycles. The summed E-state index contributed by atoms with van der Waals surface area (Å²) in [7, 11) is 0. The smallest absolute Gasteiger partial charge is 0.410 e. The van der Waals surface area contributed by atoms with Crippen molar-refractivity contribution in [2.45, 2.75) is 45.3 Å². The van der Waals surface area contributed by atoms with Crippen LogP contribution in [-0.2, 0) is 4.74 Å². The SMILES string of the molecule is CC(C)(C)OC(=O)N1CCCC1c1ncc(-c2cccc(Oc3ccccc3)c2)[nH]1. The van der Waals surface area contributed by atoms with Crippen LogP contribution in [0.1, 0.15) is 45.5 Å². The number of ether oxygens (including phenoxy) is 2. The number of amides is 1. The summed E-state index contributed by atoms with van der Waals surface area (Å²) in [4.78, 5) is 22.3. The Morgan fingerprint density at radius 2 is 1.87 bits per heavy atom. The normalized spacial score (nSPS) is 16.5. The van der Waals surface area contributed by atoms with Gasteiger partial charge in [0.05, 0.1) is 17.9 Å². The van der Waals surface area contributed by atoms with Gasteiger partial charge in [-0.1, -0.05) is 30.3 Å². The number of nitrogens with zero attached hydrogens (tertiary/aromatic N) is 2. The summed E-state index contributed by atoms with van der Waals surface area (Å²) in [6.45, 7) is 6.32. The van der Waals surface area contributed by atoms with Gasteiger partial charge in [0, 0.05) is 12.1 Å². The molecule has 1 unspecified atom stereocenters. The van der Waals surface area contributed by atoms with Crippen LogP contribution in [0.2, 0.25) is 0 Å². The van der Waals surface area contributed by atoms with Crippen LogP contribution in [-0.4, -0.2) is 33.1 Å². The van der Waals surface area contributed by atoms with Gasteiger partial charge in [-0.05, 0) is 57.9 Å². The number of benzene rings is 2. The van der Waals surface area contributed by atoms with E-state index in [1.807, 2.05) is 81.6 Å². The number of para-hydroxylation sites is 1. The topological polar surface area (TPSA) is 67.4 Å². The van der Waals surface area contributed by atoms with E-state index in [-0.39, 0.29) is 12.1 Å². The second kappa shape index (κ2) is 8.22. The zero-order valence-electron chi connectivity index (χ0n) is 17.6. The van der Waals surface area contributed by atoms with Gasteiger partial charge in [0.2, 0.25) is 0 Å². The molecule has 0 radical (unpaired) electrons. The Morgan fingerprint density at radius 1 is 1.10 bits per heavy atom. The zero-order valence-corrected chi connectivity index (χ0v) is 17.6.